The Balaban J connectivity index is 0. The van der Waals surface area contributed by atoms with Crippen molar-refractivity contribution in [1.82, 2.24) is 0 Å². The monoisotopic (exact) mass is 222 g/mol. The van der Waals surface area contributed by atoms with Crippen LogP contribution in [-0.4, -0.2) is 13.6 Å². The summed E-state index contributed by atoms with van der Waals surface area (Å²) in [5, 5.41) is 0. The van der Waals surface area contributed by atoms with E-state index >= 15 is 0 Å². The van der Waals surface area contributed by atoms with Gasteiger partial charge in [0.25, 0.3) is 0 Å². The molecule has 0 aromatic carbocycles. The summed E-state index contributed by atoms with van der Waals surface area (Å²) >= 11 is -1.25. The van der Waals surface area contributed by atoms with Crippen molar-refractivity contribution in [3.05, 3.63) is 0 Å². The van der Waals surface area contributed by atoms with Gasteiger partial charge in [0.1, 0.15) is 0 Å². The standard InChI is InChI=1S/C4H11N.2ClH.H3Si.Ti/c1-4(2,3)5;;;;/h5H2,1-3H3;2*1H;1H3;/q;;;;+2/p-2. The summed E-state index contributed by atoms with van der Waals surface area (Å²) in [4.78, 5) is 0. The molecule has 1 nitrogen and oxygen atoms in total. The van der Waals surface area contributed by atoms with Crippen LogP contribution in [0, 0.1) is 0 Å². The van der Waals surface area contributed by atoms with E-state index in [1.165, 1.54) is 0 Å². The van der Waals surface area contributed by atoms with Crippen LogP contribution >= 0.6 is 18.6 Å². The van der Waals surface area contributed by atoms with Gasteiger partial charge in [-0.1, -0.05) is 0 Å². The zero-order valence-corrected chi connectivity index (χ0v) is 11.4. The fraction of sp³-hybridized carbons (Fsp3) is 1.00. The summed E-state index contributed by atoms with van der Waals surface area (Å²) in [6.07, 6.45) is 0. The topological polar surface area (TPSA) is 26.0 Å². The molecule has 0 heterocycles. The van der Waals surface area contributed by atoms with Crippen LogP contribution in [0.15, 0.2) is 0 Å². The van der Waals surface area contributed by atoms with Crippen molar-refractivity contribution >= 4 is 26.7 Å². The molecule has 0 aromatic rings. The molecule has 0 aliphatic heterocycles. The summed E-state index contributed by atoms with van der Waals surface area (Å²) in [7, 11) is 11.6. The fourth-order valence-electron chi connectivity index (χ4n) is 0. The molecule has 0 aliphatic carbocycles. The molecule has 0 bridgehead atoms. The molecule has 0 amide bonds. The minimum absolute atomic E-state index is 0. The van der Waals surface area contributed by atoms with Crippen LogP contribution in [-0.2, 0) is 15.0 Å². The van der Waals surface area contributed by atoms with Crippen LogP contribution in [0.4, 0.5) is 0 Å². The molecule has 0 saturated heterocycles. The summed E-state index contributed by atoms with van der Waals surface area (Å²) in [5.41, 5.74) is 5.35. The number of hydrogen-bond acceptors (Lipinski definition) is 1. The zero-order chi connectivity index (χ0) is 8.08. The van der Waals surface area contributed by atoms with Crippen molar-refractivity contribution in [2.45, 2.75) is 26.3 Å². The summed E-state index contributed by atoms with van der Waals surface area (Å²) in [6.45, 7) is 5.90. The first-order valence-corrected chi connectivity index (χ1v) is 12.6. The Morgan fingerprint density at radius 2 is 1.33 bits per heavy atom. The van der Waals surface area contributed by atoms with Crippen LogP contribution in [0.1, 0.15) is 20.8 Å². The Hall–Kier alpha value is 1.47. The zero-order valence-electron chi connectivity index (χ0n) is 6.33. The van der Waals surface area contributed by atoms with Crippen LogP contribution < -0.4 is 5.73 Å². The van der Waals surface area contributed by atoms with Gasteiger partial charge < -0.3 is 5.73 Å². The van der Waals surface area contributed by atoms with Crippen molar-refractivity contribution in [2.24, 2.45) is 5.73 Å². The first-order chi connectivity index (χ1) is 3.73. The second kappa shape index (κ2) is 6.20. The summed E-state index contributed by atoms with van der Waals surface area (Å²) < 4.78 is 0. The first kappa shape index (κ1) is 13.1. The van der Waals surface area contributed by atoms with E-state index in [0.29, 0.717) is 0 Å². The third-order valence-corrected chi connectivity index (χ3v) is 0. The Labute approximate surface area is 73.5 Å². The molecule has 9 heavy (non-hydrogen) atoms. The van der Waals surface area contributed by atoms with E-state index in [9.17, 15) is 0 Å². The van der Waals surface area contributed by atoms with Crippen molar-refractivity contribution in [3.63, 3.8) is 0 Å². The Morgan fingerprint density at radius 3 is 1.33 bits per heavy atom. The number of hydrogen-bond donors (Lipinski definition) is 1. The van der Waals surface area contributed by atoms with E-state index in [4.69, 9.17) is 24.3 Å². The second-order valence-corrected chi connectivity index (χ2v) is 19.0. The molecule has 0 fully saturated rings. The predicted octanol–water partition coefficient (Wildman–Crippen LogP) is 0.936. The molecule has 0 atom stereocenters. The van der Waals surface area contributed by atoms with E-state index in [1.807, 2.05) is 20.8 Å². The molecule has 5 heteroatoms. The molecular weight excluding hydrogens is 209 g/mol. The molecule has 2 N–H and O–H groups in total. The van der Waals surface area contributed by atoms with Gasteiger partial charge in [0.15, 0.2) is 0 Å². The maximum absolute atomic E-state index is 5.35. The van der Waals surface area contributed by atoms with E-state index in [2.05, 4.69) is 0 Å². The van der Waals surface area contributed by atoms with Crippen molar-refractivity contribution in [1.29, 1.82) is 0 Å². The van der Waals surface area contributed by atoms with Crippen LogP contribution in [0.5, 0.6) is 0 Å². The van der Waals surface area contributed by atoms with Gasteiger partial charge in [0, 0.05) is 5.54 Å². The Morgan fingerprint density at radius 1 is 1.33 bits per heavy atom. The minimum atomic E-state index is -1.25. The molecule has 57 valence electrons. The third kappa shape index (κ3) is 244. The van der Waals surface area contributed by atoms with E-state index in [-0.39, 0.29) is 5.54 Å². The maximum atomic E-state index is 5.35. The number of halogens is 2. The first-order valence-electron chi connectivity index (χ1n) is 2.67. The number of rotatable bonds is 0. The second-order valence-electron chi connectivity index (χ2n) is 2.82. The SMILES string of the molecule is CC(C)(C)N.[SiH3][Ti]([Cl])[Cl]. The molecule has 0 aromatic heterocycles. The van der Waals surface area contributed by atoms with Crippen LogP contribution in [0.2, 0.25) is 0 Å². The van der Waals surface area contributed by atoms with Gasteiger partial charge in [0.2, 0.25) is 0 Å². The normalized spacial score (nSPS) is 10.0. The van der Waals surface area contributed by atoms with E-state index in [0.717, 1.165) is 8.11 Å². The third-order valence-electron chi connectivity index (χ3n) is 0. The average Bonchev–Trinajstić information content (AvgIpc) is 1.19. The van der Waals surface area contributed by atoms with Crippen molar-refractivity contribution < 1.29 is 15.0 Å². The molecule has 0 unspecified atom stereocenters. The predicted molar refractivity (Wildman–Crippen MR) is 45.6 cm³/mol. The van der Waals surface area contributed by atoms with Crippen LogP contribution in [0.3, 0.4) is 0 Å². The molecule has 0 spiro atoms. The van der Waals surface area contributed by atoms with Gasteiger partial charge in [-0.3, -0.25) is 0 Å². The van der Waals surface area contributed by atoms with Gasteiger partial charge in [0.05, 0.1) is 0 Å². The van der Waals surface area contributed by atoms with Gasteiger partial charge >= 0.3 is 41.7 Å². The van der Waals surface area contributed by atoms with Gasteiger partial charge in [-0.2, -0.15) is 0 Å². The van der Waals surface area contributed by atoms with Crippen LogP contribution in [0.25, 0.3) is 0 Å². The van der Waals surface area contributed by atoms with Gasteiger partial charge in [-0.05, 0) is 20.8 Å². The van der Waals surface area contributed by atoms with Crippen molar-refractivity contribution in [2.75, 3.05) is 0 Å². The molecule has 0 aliphatic rings. The van der Waals surface area contributed by atoms with Gasteiger partial charge in [-0.25, -0.2) is 0 Å². The fourth-order valence-corrected chi connectivity index (χ4v) is 0. The average molecular weight is 223 g/mol. The van der Waals surface area contributed by atoms with E-state index < -0.39 is 15.0 Å². The van der Waals surface area contributed by atoms with E-state index in [1.54, 1.807) is 0 Å². The summed E-state index contributed by atoms with van der Waals surface area (Å²) in [5.74, 6) is 0. The molecule has 0 saturated carbocycles. The van der Waals surface area contributed by atoms with Gasteiger partial charge in [-0.15, -0.1) is 0 Å². The Kier molecular flexibility index (Phi) is 9.02. The number of nitrogens with two attached hydrogens (primary N) is 1. The molecular formula is C4H14Cl2NSiTi. The summed E-state index contributed by atoms with van der Waals surface area (Å²) in [6, 6.07) is 0. The quantitative estimate of drug-likeness (QED) is 0.607. The molecule has 0 rings (SSSR count). The van der Waals surface area contributed by atoms with Crippen molar-refractivity contribution in [3.8, 4) is 0 Å². The Bertz CT molecular complexity index is 55.3. The molecule has 0 radical (unpaired) electrons.